The molecule has 0 radical (unpaired) electrons. The summed E-state index contributed by atoms with van der Waals surface area (Å²) < 4.78 is 0. The van der Waals surface area contributed by atoms with Crippen molar-refractivity contribution in [1.82, 2.24) is 10.6 Å². The lowest BCUT2D eigenvalue weighted by molar-refractivity contribution is -0.137. The van der Waals surface area contributed by atoms with E-state index >= 15 is 0 Å². The number of hydrogen-bond acceptors (Lipinski definition) is 5. The van der Waals surface area contributed by atoms with Gasteiger partial charge in [-0.2, -0.15) is 0 Å². The molecule has 0 atom stereocenters. The van der Waals surface area contributed by atoms with Gasteiger partial charge >= 0.3 is 5.97 Å². The van der Waals surface area contributed by atoms with Crippen LogP contribution in [0.5, 0.6) is 0 Å². The van der Waals surface area contributed by atoms with Gasteiger partial charge in [0.25, 0.3) is 0 Å². The second-order valence-electron chi connectivity index (χ2n) is 8.58. The van der Waals surface area contributed by atoms with Gasteiger partial charge < -0.3 is 15.3 Å². The lowest BCUT2D eigenvalue weighted by Crippen LogP contribution is -2.31. The largest absolute Gasteiger partial charge is 0.481 e. The SMILES string of the molecule is CC.O=C(O)CCNC(=O)CCCCC(=O)N1Cc2ccccc2C#Cc2ccccc21.O=C1CCC(=O)N1.[HH]. The summed E-state index contributed by atoms with van der Waals surface area (Å²) in [6, 6.07) is 15.5. The van der Waals surface area contributed by atoms with E-state index in [0.717, 1.165) is 22.4 Å². The Morgan fingerprint density at radius 2 is 1.49 bits per heavy atom. The van der Waals surface area contributed by atoms with Gasteiger partial charge in [0, 0.05) is 44.8 Å². The van der Waals surface area contributed by atoms with Gasteiger partial charge in [-0.05, 0) is 36.6 Å². The Bertz CT molecular complexity index is 1240. The number of carboxylic acids is 1. The smallest absolute Gasteiger partial charge is 0.305 e. The molecule has 2 heterocycles. The molecule has 9 nitrogen and oxygen atoms in total. The molecule has 2 aromatic carbocycles. The van der Waals surface area contributed by atoms with Crippen molar-refractivity contribution in [2.24, 2.45) is 0 Å². The summed E-state index contributed by atoms with van der Waals surface area (Å²) in [5, 5.41) is 13.3. The van der Waals surface area contributed by atoms with Crippen molar-refractivity contribution >= 4 is 35.3 Å². The maximum atomic E-state index is 13.0. The summed E-state index contributed by atoms with van der Waals surface area (Å²) in [6.07, 6.45) is 2.40. The van der Waals surface area contributed by atoms with Crippen LogP contribution in [0.3, 0.4) is 0 Å². The number of benzene rings is 2. The molecule has 9 heteroatoms. The lowest BCUT2D eigenvalue weighted by atomic mass is 10.0. The third-order valence-electron chi connectivity index (χ3n) is 5.74. The lowest BCUT2D eigenvalue weighted by Gasteiger charge is -2.26. The van der Waals surface area contributed by atoms with Crippen molar-refractivity contribution in [3.63, 3.8) is 0 Å². The van der Waals surface area contributed by atoms with Gasteiger partial charge in [0.2, 0.25) is 23.6 Å². The molecule has 39 heavy (non-hydrogen) atoms. The van der Waals surface area contributed by atoms with Crippen molar-refractivity contribution in [1.29, 1.82) is 0 Å². The predicted octanol–water partition coefficient (Wildman–Crippen LogP) is 3.78. The highest BCUT2D eigenvalue weighted by Gasteiger charge is 2.21. The van der Waals surface area contributed by atoms with E-state index in [1.807, 2.05) is 62.4 Å². The minimum absolute atomic E-state index is 0. The zero-order valence-corrected chi connectivity index (χ0v) is 22.4. The molecular formula is C30H37N3O6. The number of amides is 4. The number of unbranched alkanes of at least 4 members (excludes halogenated alkanes) is 1. The minimum Gasteiger partial charge on any atom is -0.481 e. The van der Waals surface area contributed by atoms with E-state index in [2.05, 4.69) is 22.5 Å². The number of hydrogen-bond donors (Lipinski definition) is 3. The molecule has 0 bridgehead atoms. The van der Waals surface area contributed by atoms with Crippen LogP contribution in [0.2, 0.25) is 0 Å². The number of anilines is 1. The molecule has 0 aromatic heterocycles. The van der Waals surface area contributed by atoms with Crippen molar-refractivity contribution in [2.45, 2.75) is 65.3 Å². The van der Waals surface area contributed by atoms with Crippen molar-refractivity contribution in [3.8, 4) is 11.8 Å². The zero-order valence-electron chi connectivity index (χ0n) is 22.4. The number of carbonyl (C=O) groups excluding carboxylic acids is 4. The highest BCUT2D eigenvalue weighted by molar-refractivity contribution is 6.01. The maximum absolute atomic E-state index is 13.0. The van der Waals surface area contributed by atoms with Gasteiger partial charge in [-0.15, -0.1) is 0 Å². The number of carboxylic acid groups (broad SMARTS) is 1. The average Bonchev–Trinajstić information content (AvgIpc) is 3.31. The van der Waals surface area contributed by atoms with Gasteiger partial charge in [0.1, 0.15) is 0 Å². The summed E-state index contributed by atoms with van der Waals surface area (Å²) in [6.45, 7) is 4.58. The third-order valence-corrected chi connectivity index (χ3v) is 5.74. The Balaban J connectivity index is 0.000000688. The van der Waals surface area contributed by atoms with Crippen molar-refractivity contribution < 1.29 is 30.5 Å². The summed E-state index contributed by atoms with van der Waals surface area (Å²) in [4.78, 5) is 57.3. The minimum atomic E-state index is -0.944. The van der Waals surface area contributed by atoms with Crippen LogP contribution >= 0.6 is 0 Å². The molecule has 0 unspecified atom stereocenters. The quantitative estimate of drug-likeness (QED) is 0.268. The number of para-hydroxylation sites is 1. The molecule has 1 fully saturated rings. The second kappa shape index (κ2) is 16.4. The van der Waals surface area contributed by atoms with Crippen LogP contribution in [0.4, 0.5) is 5.69 Å². The van der Waals surface area contributed by atoms with Gasteiger partial charge in [-0.3, -0.25) is 29.3 Å². The first-order valence-electron chi connectivity index (χ1n) is 13.1. The molecule has 2 aromatic rings. The molecule has 3 N–H and O–H groups in total. The van der Waals surface area contributed by atoms with Crippen molar-refractivity contribution in [2.75, 3.05) is 11.4 Å². The molecule has 4 amide bonds. The molecule has 0 saturated carbocycles. The number of carbonyl (C=O) groups is 5. The van der Waals surface area contributed by atoms with Gasteiger partial charge in [0.05, 0.1) is 18.7 Å². The van der Waals surface area contributed by atoms with E-state index in [-0.39, 0.29) is 44.4 Å². The highest BCUT2D eigenvalue weighted by atomic mass is 16.4. The highest BCUT2D eigenvalue weighted by Crippen LogP contribution is 2.26. The number of nitrogens with zero attached hydrogens (tertiary/aromatic N) is 1. The zero-order chi connectivity index (χ0) is 28.6. The van der Waals surface area contributed by atoms with Crippen LogP contribution in [0.1, 0.15) is 76.9 Å². The summed E-state index contributed by atoms with van der Waals surface area (Å²) >= 11 is 0. The Kier molecular flexibility index (Phi) is 12.9. The molecule has 0 aliphatic carbocycles. The number of rotatable bonds is 8. The molecule has 2 aliphatic heterocycles. The van der Waals surface area contributed by atoms with Crippen molar-refractivity contribution in [3.05, 3.63) is 65.2 Å². The Morgan fingerprint density at radius 1 is 0.897 bits per heavy atom. The number of fused-ring (bicyclic) bond motifs is 2. The van der Waals surface area contributed by atoms with E-state index < -0.39 is 5.97 Å². The summed E-state index contributed by atoms with van der Waals surface area (Å²) in [5.74, 6) is 4.94. The molecule has 2 aliphatic rings. The fourth-order valence-corrected chi connectivity index (χ4v) is 3.81. The van der Waals surface area contributed by atoms with E-state index in [4.69, 9.17) is 5.11 Å². The summed E-state index contributed by atoms with van der Waals surface area (Å²) in [7, 11) is 0. The number of nitrogens with one attached hydrogen (secondary N) is 2. The standard InChI is InChI=1S/C24H24N2O4.C4H5NO2.C2H6.H2/c27-22(25-16-15-24(29)30)11-5-6-12-23(28)26-17-20-9-2-1-7-18(20)13-14-19-8-3-4-10-21(19)26;6-3-1-2-4(7)5-3;1-2;/h1-4,7-10H,5-6,11-12,15-17H2,(H,25,27)(H,29,30);1-2H2,(H,5,6,7);1-2H3;1H. The van der Waals surface area contributed by atoms with Gasteiger partial charge in [0.15, 0.2) is 0 Å². The average molecular weight is 536 g/mol. The maximum Gasteiger partial charge on any atom is 0.305 e. The first kappa shape index (κ1) is 30.8. The van der Waals surface area contributed by atoms with Crippen LogP contribution in [-0.2, 0) is 30.5 Å². The normalized spacial score (nSPS) is 12.8. The van der Waals surface area contributed by atoms with Crippen LogP contribution < -0.4 is 15.5 Å². The van der Waals surface area contributed by atoms with Gasteiger partial charge in [-0.25, -0.2) is 0 Å². The first-order chi connectivity index (χ1) is 18.8. The van der Waals surface area contributed by atoms with Crippen LogP contribution in [0.25, 0.3) is 0 Å². The fourth-order valence-electron chi connectivity index (χ4n) is 3.81. The fraction of sp³-hybridized carbons (Fsp3) is 0.367. The van der Waals surface area contributed by atoms with Crippen LogP contribution in [-0.4, -0.2) is 41.2 Å². The Labute approximate surface area is 230 Å². The molecule has 1 saturated heterocycles. The van der Waals surface area contributed by atoms with E-state index in [1.54, 1.807) is 4.90 Å². The second-order valence-corrected chi connectivity index (χ2v) is 8.58. The number of imide groups is 1. The topological polar surface area (TPSA) is 133 Å². The first-order valence-corrected chi connectivity index (χ1v) is 13.1. The van der Waals surface area contributed by atoms with Crippen LogP contribution in [0, 0.1) is 11.8 Å². The monoisotopic (exact) mass is 535 g/mol. The van der Waals surface area contributed by atoms with E-state index in [0.29, 0.717) is 38.6 Å². The molecule has 208 valence electrons. The van der Waals surface area contributed by atoms with E-state index in [1.165, 1.54) is 0 Å². The Hall–Kier alpha value is -4.45. The molecule has 0 spiro atoms. The molecule has 4 rings (SSSR count). The van der Waals surface area contributed by atoms with Crippen LogP contribution in [0.15, 0.2) is 48.5 Å². The number of aliphatic carboxylic acids is 1. The van der Waals surface area contributed by atoms with Gasteiger partial charge in [-0.1, -0.05) is 56.0 Å². The predicted molar refractivity (Wildman–Crippen MR) is 150 cm³/mol. The summed E-state index contributed by atoms with van der Waals surface area (Å²) in [5.41, 5.74) is 3.54. The Morgan fingerprint density at radius 3 is 2.13 bits per heavy atom. The third kappa shape index (κ3) is 10.4. The molecular weight excluding hydrogens is 498 g/mol. The van der Waals surface area contributed by atoms with E-state index in [9.17, 15) is 24.0 Å².